The third kappa shape index (κ3) is 2.74. The normalized spacial score (nSPS) is 14.2. The van der Waals surface area contributed by atoms with Crippen LogP contribution in [0.1, 0.15) is 25.0 Å². The predicted molar refractivity (Wildman–Crippen MR) is 59.7 cm³/mol. The lowest BCUT2D eigenvalue weighted by Crippen LogP contribution is -2.16. The van der Waals surface area contributed by atoms with Crippen molar-refractivity contribution < 1.29 is 4.74 Å². The van der Waals surface area contributed by atoms with Crippen molar-refractivity contribution in [3.63, 3.8) is 0 Å². The highest BCUT2D eigenvalue weighted by molar-refractivity contribution is 5.37. The quantitative estimate of drug-likeness (QED) is 0.683. The van der Waals surface area contributed by atoms with Crippen molar-refractivity contribution in [2.75, 3.05) is 13.2 Å². The topological polar surface area (TPSA) is 21.3 Å². The molecular weight excluding hydrogens is 174 g/mol. The minimum atomic E-state index is 0.774. The molecule has 1 aliphatic heterocycles. The molecule has 0 saturated carbocycles. The monoisotopic (exact) mass is 193 g/mol. The zero-order chi connectivity index (χ0) is 10.4. The number of ether oxygens (including phenoxy) is 1. The van der Waals surface area contributed by atoms with Crippen molar-refractivity contribution in [1.82, 2.24) is 5.32 Å². The van der Waals surface area contributed by atoms with Crippen LogP contribution in [0.15, 0.2) is 18.2 Å². The molecule has 1 aliphatic rings. The van der Waals surface area contributed by atoms with Crippen molar-refractivity contribution >= 4 is 0 Å². The third-order valence-corrected chi connectivity index (χ3v) is 2.07. The Morgan fingerprint density at radius 1 is 1.29 bits per heavy atom. The summed E-state index contributed by atoms with van der Waals surface area (Å²) in [5, 5.41) is 3.30. The Kier molecular flexibility index (Phi) is 4.47. The van der Waals surface area contributed by atoms with Crippen LogP contribution in [0.25, 0.3) is 0 Å². The van der Waals surface area contributed by atoms with Gasteiger partial charge in [-0.15, -0.1) is 0 Å². The van der Waals surface area contributed by atoms with Crippen molar-refractivity contribution in [3.05, 3.63) is 29.3 Å². The van der Waals surface area contributed by atoms with Crippen molar-refractivity contribution in [3.8, 4) is 5.75 Å². The fraction of sp³-hybridized carbons (Fsp3) is 0.500. The second kappa shape index (κ2) is 5.66. The molecule has 2 heteroatoms. The van der Waals surface area contributed by atoms with Crippen molar-refractivity contribution in [2.45, 2.75) is 27.3 Å². The first-order chi connectivity index (χ1) is 6.86. The first kappa shape index (κ1) is 11.1. The minimum absolute atomic E-state index is 0.774. The molecule has 2 rings (SSSR count). The highest BCUT2D eigenvalue weighted by Crippen LogP contribution is 2.21. The summed E-state index contributed by atoms with van der Waals surface area (Å²) < 4.78 is 5.57. The van der Waals surface area contributed by atoms with Crippen LogP contribution in [0.5, 0.6) is 5.75 Å². The summed E-state index contributed by atoms with van der Waals surface area (Å²) in [5.74, 6) is 1.04. The highest BCUT2D eigenvalue weighted by atomic mass is 16.5. The standard InChI is InChI=1S/C10H13NO.C2H6/c1-8-2-3-9-7-11-4-5-12-10(9)6-8;1-2/h2-3,6,11H,4-5,7H2,1H3;1-2H3. The van der Waals surface area contributed by atoms with Gasteiger partial charge in [-0.25, -0.2) is 0 Å². The van der Waals surface area contributed by atoms with Crippen LogP contribution in [0, 0.1) is 6.92 Å². The van der Waals surface area contributed by atoms with E-state index in [9.17, 15) is 0 Å². The molecule has 0 aromatic heterocycles. The molecule has 0 amide bonds. The molecule has 0 spiro atoms. The van der Waals surface area contributed by atoms with Gasteiger partial charge in [0, 0.05) is 18.7 Å². The molecule has 1 N–H and O–H groups in total. The second-order valence-corrected chi connectivity index (χ2v) is 3.14. The zero-order valence-corrected chi connectivity index (χ0v) is 9.26. The predicted octanol–water partition coefficient (Wildman–Crippen LogP) is 2.50. The molecule has 1 heterocycles. The van der Waals surface area contributed by atoms with E-state index in [1.165, 1.54) is 11.1 Å². The van der Waals surface area contributed by atoms with Gasteiger partial charge < -0.3 is 10.1 Å². The van der Waals surface area contributed by atoms with E-state index in [0.29, 0.717) is 0 Å². The molecular formula is C12H19NO. The maximum atomic E-state index is 5.57. The summed E-state index contributed by atoms with van der Waals surface area (Å²) in [4.78, 5) is 0. The van der Waals surface area contributed by atoms with E-state index < -0.39 is 0 Å². The van der Waals surface area contributed by atoms with Crippen LogP contribution in [0.2, 0.25) is 0 Å². The van der Waals surface area contributed by atoms with Gasteiger partial charge in [0.1, 0.15) is 12.4 Å². The molecule has 0 saturated heterocycles. The first-order valence-corrected chi connectivity index (χ1v) is 5.29. The van der Waals surface area contributed by atoms with Gasteiger partial charge in [-0.2, -0.15) is 0 Å². The van der Waals surface area contributed by atoms with E-state index in [0.717, 1.165) is 25.4 Å². The molecule has 0 atom stereocenters. The Balaban J connectivity index is 0.000000461. The average molecular weight is 193 g/mol. The Morgan fingerprint density at radius 3 is 2.86 bits per heavy atom. The van der Waals surface area contributed by atoms with Crippen LogP contribution >= 0.6 is 0 Å². The van der Waals surface area contributed by atoms with Gasteiger partial charge in [0.15, 0.2) is 0 Å². The Bertz CT molecular complexity index is 284. The molecule has 1 aromatic rings. The first-order valence-electron chi connectivity index (χ1n) is 5.29. The Hall–Kier alpha value is -1.02. The summed E-state index contributed by atoms with van der Waals surface area (Å²) in [5.41, 5.74) is 2.52. The van der Waals surface area contributed by atoms with Crippen LogP contribution in [-0.2, 0) is 6.54 Å². The molecule has 78 valence electrons. The van der Waals surface area contributed by atoms with Crippen LogP contribution in [0.3, 0.4) is 0 Å². The number of hydrogen-bond acceptors (Lipinski definition) is 2. The zero-order valence-electron chi connectivity index (χ0n) is 9.26. The Labute approximate surface area is 86.3 Å². The van der Waals surface area contributed by atoms with Gasteiger partial charge in [0.05, 0.1) is 0 Å². The molecule has 0 bridgehead atoms. The van der Waals surface area contributed by atoms with E-state index in [1.54, 1.807) is 0 Å². The Morgan fingerprint density at radius 2 is 2.07 bits per heavy atom. The maximum Gasteiger partial charge on any atom is 0.124 e. The summed E-state index contributed by atoms with van der Waals surface area (Å²) in [6.45, 7) is 8.72. The SMILES string of the molecule is CC.Cc1ccc2c(c1)OCCNC2. The lowest BCUT2D eigenvalue weighted by molar-refractivity contribution is 0.325. The van der Waals surface area contributed by atoms with E-state index in [1.807, 2.05) is 13.8 Å². The number of aryl methyl sites for hydroxylation is 1. The van der Waals surface area contributed by atoms with E-state index in [-0.39, 0.29) is 0 Å². The van der Waals surface area contributed by atoms with E-state index >= 15 is 0 Å². The molecule has 0 unspecified atom stereocenters. The van der Waals surface area contributed by atoms with Gasteiger partial charge in [-0.3, -0.25) is 0 Å². The summed E-state index contributed by atoms with van der Waals surface area (Å²) in [6.07, 6.45) is 0. The lowest BCUT2D eigenvalue weighted by Gasteiger charge is -2.06. The highest BCUT2D eigenvalue weighted by Gasteiger charge is 2.06. The minimum Gasteiger partial charge on any atom is -0.492 e. The number of fused-ring (bicyclic) bond motifs is 1. The maximum absolute atomic E-state index is 5.57. The van der Waals surface area contributed by atoms with E-state index in [4.69, 9.17) is 4.74 Å². The van der Waals surface area contributed by atoms with Crippen LogP contribution < -0.4 is 10.1 Å². The fourth-order valence-electron chi connectivity index (χ4n) is 1.40. The summed E-state index contributed by atoms with van der Waals surface area (Å²) in [7, 11) is 0. The van der Waals surface area contributed by atoms with Crippen molar-refractivity contribution in [2.24, 2.45) is 0 Å². The second-order valence-electron chi connectivity index (χ2n) is 3.14. The fourth-order valence-corrected chi connectivity index (χ4v) is 1.40. The number of benzene rings is 1. The number of rotatable bonds is 0. The smallest absolute Gasteiger partial charge is 0.124 e. The lowest BCUT2D eigenvalue weighted by atomic mass is 10.1. The number of hydrogen-bond donors (Lipinski definition) is 1. The third-order valence-electron chi connectivity index (χ3n) is 2.07. The molecule has 0 aliphatic carbocycles. The van der Waals surface area contributed by atoms with Crippen LogP contribution in [0.4, 0.5) is 0 Å². The molecule has 0 radical (unpaired) electrons. The molecule has 0 fully saturated rings. The number of nitrogens with one attached hydrogen (secondary N) is 1. The van der Waals surface area contributed by atoms with Gasteiger partial charge in [-0.1, -0.05) is 26.0 Å². The van der Waals surface area contributed by atoms with Crippen molar-refractivity contribution in [1.29, 1.82) is 0 Å². The van der Waals surface area contributed by atoms with Gasteiger partial charge >= 0.3 is 0 Å². The largest absolute Gasteiger partial charge is 0.492 e. The van der Waals surface area contributed by atoms with Gasteiger partial charge in [-0.05, 0) is 18.6 Å². The van der Waals surface area contributed by atoms with Crippen LogP contribution in [-0.4, -0.2) is 13.2 Å². The molecule has 14 heavy (non-hydrogen) atoms. The molecule has 2 nitrogen and oxygen atoms in total. The molecule has 1 aromatic carbocycles. The van der Waals surface area contributed by atoms with Gasteiger partial charge in [0.25, 0.3) is 0 Å². The van der Waals surface area contributed by atoms with Gasteiger partial charge in [0.2, 0.25) is 0 Å². The summed E-state index contributed by atoms with van der Waals surface area (Å²) >= 11 is 0. The van der Waals surface area contributed by atoms with E-state index in [2.05, 4.69) is 30.4 Å². The summed E-state index contributed by atoms with van der Waals surface area (Å²) in [6, 6.07) is 6.35. The average Bonchev–Trinajstić information content (AvgIpc) is 2.45.